The summed E-state index contributed by atoms with van der Waals surface area (Å²) in [5, 5.41) is 3.37. The maximum atomic E-state index is 14.3. The zero-order valence-electron chi connectivity index (χ0n) is 13.7. The van der Waals surface area contributed by atoms with Crippen LogP contribution in [0.5, 0.6) is 0 Å². The second kappa shape index (κ2) is 7.23. The molecule has 2 rings (SSSR count). The van der Waals surface area contributed by atoms with Crippen LogP contribution in [-0.2, 0) is 6.54 Å². The van der Waals surface area contributed by atoms with E-state index in [2.05, 4.69) is 49.0 Å². The summed E-state index contributed by atoms with van der Waals surface area (Å²) in [6.07, 6.45) is 0. The number of hydrogen-bond donors (Lipinski definition) is 1. The van der Waals surface area contributed by atoms with Crippen LogP contribution in [0.4, 0.5) is 10.1 Å². The molecule has 0 amide bonds. The van der Waals surface area contributed by atoms with Gasteiger partial charge in [0.1, 0.15) is 5.82 Å². The lowest BCUT2D eigenvalue weighted by Gasteiger charge is -2.40. The zero-order chi connectivity index (χ0) is 15.4. The Hall–Kier alpha value is -1.13. The predicted octanol–water partition coefficient (Wildman–Crippen LogP) is 2.71. The minimum Gasteiger partial charge on any atom is -0.366 e. The number of rotatable bonds is 5. The molecule has 118 valence electrons. The van der Waals surface area contributed by atoms with E-state index in [1.165, 1.54) is 0 Å². The van der Waals surface area contributed by atoms with Crippen molar-refractivity contribution in [2.24, 2.45) is 5.92 Å². The first-order valence-corrected chi connectivity index (χ1v) is 7.92. The lowest BCUT2D eigenvalue weighted by Crippen LogP contribution is -2.51. The van der Waals surface area contributed by atoms with E-state index in [-0.39, 0.29) is 5.82 Å². The number of nitrogens with zero attached hydrogens (tertiary/aromatic N) is 2. The Morgan fingerprint density at radius 1 is 1.33 bits per heavy atom. The van der Waals surface area contributed by atoms with Crippen LogP contribution in [0.2, 0.25) is 0 Å². The van der Waals surface area contributed by atoms with E-state index >= 15 is 0 Å². The normalized spacial score (nSPS) is 20.3. The molecule has 1 atom stereocenters. The van der Waals surface area contributed by atoms with Gasteiger partial charge in [0.15, 0.2) is 0 Å². The molecule has 0 spiro atoms. The predicted molar refractivity (Wildman–Crippen MR) is 87.2 cm³/mol. The van der Waals surface area contributed by atoms with Crippen molar-refractivity contribution in [3.8, 4) is 0 Å². The third kappa shape index (κ3) is 4.17. The molecule has 1 aliphatic rings. The average molecular weight is 293 g/mol. The minimum atomic E-state index is -0.102. The van der Waals surface area contributed by atoms with Crippen molar-refractivity contribution in [1.82, 2.24) is 10.2 Å². The second-order valence-electron chi connectivity index (χ2n) is 6.57. The number of hydrogen-bond acceptors (Lipinski definition) is 3. The Morgan fingerprint density at radius 2 is 2.10 bits per heavy atom. The topological polar surface area (TPSA) is 18.5 Å². The number of benzene rings is 1. The van der Waals surface area contributed by atoms with Gasteiger partial charge in [-0.15, -0.1) is 0 Å². The van der Waals surface area contributed by atoms with Crippen molar-refractivity contribution < 1.29 is 4.39 Å². The Balaban J connectivity index is 2.16. The van der Waals surface area contributed by atoms with Crippen molar-refractivity contribution in [2.75, 3.05) is 38.1 Å². The van der Waals surface area contributed by atoms with Crippen molar-refractivity contribution in [1.29, 1.82) is 0 Å². The van der Waals surface area contributed by atoms with E-state index in [4.69, 9.17) is 0 Å². The van der Waals surface area contributed by atoms with E-state index < -0.39 is 0 Å². The molecule has 4 heteroatoms. The molecule has 1 saturated heterocycles. The maximum Gasteiger partial charge on any atom is 0.129 e. The molecule has 3 nitrogen and oxygen atoms in total. The van der Waals surface area contributed by atoms with Crippen LogP contribution in [0.1, 0.15) is 26.3 Å². The first kappa shape index (κ1) is 16.2. The summed E-state index contributed by atoms with van der Waals surface area (Å²) < 4.78 is 14.3. The van der Waals surface area contributed by atoms with Crippen LogP contribution >= 0.6 is 0 Å². The van der Waals surface area contributed by atoms with E-state index in [9.17, 15) is 4.39 Å². The van der Waals surface area contributed by atoms with Crippen LogP contribution in [0, 0.1) is 11.7 Å². The largest absolute Gasteiger partial charge is 0.366 e. The van der Waals surface area contributed by atoms with Gasteiger partial charge in [-0.1, -0.05) is 19.9 Å². The third-order valence-corrected chi connectivity index (χ3v) is 4.09. The van der Waals surface area contributed by atoms with Crippen molar-refractivity contribution in [3.63, 3.8) is 0 Å². The highest BCUT2D eigenvalue weighted by atomic mass is 19.1. The molecule has 0 bridgehead atoms. The van der Waals surface area contributed by atoms with Gasteiger partial charge in [-0.2, -0.15) is 0 Å². The molecule has 1 fully saturated rings. The molecule has 0 aliphatic carbocycles. The Labute approximate surface area is 128 Å². The van der Waals surface area contributed by atoms with Crippen LogP contribution in [0.3, 0.4) is 0 Å². The van der Waals surface area contributed by atoms with Crippen LogP contribution in [-0.4, -0.2) is 44.2 Å². The van der Waals surface area contributed by atoms with E-state index in [0.717, 1.165) is 37.4 Å². The number of halogens is 1. The summed E-state index contributed by atoms with van der Waals surface area (Å²) in [6, 6.07) is 5.85. The highest BCUT2D eigenvalue weighted by Gasteiger charge is 2.24. The van der Waals surface area contributed by atoms with E-state index in [0.29, 0.717) is 18.5 Å². The van der Waals surface area contributed by atoms with Crippen LogP contribution < -0.4 is 10.2 Å². The van der Waals surface area contributed by atoms with Gasteiger partial charge in [0, 0.05) is 43.5 Å². The molecular formula is C17H28FN3. The molecule has 0 aromatic heterocycles. The molecule has 1 aromatic rings. The van der Waals surface area contributed by atoms with Crippen molar-refractivity contribution in [3.05, 3.63) is 29.6 Å². The first-order chi connectivity index (χ1) is 9.99. The Kier molecular flexibility index (Phi) is 5.59. The summed E-state index contributed by atoms with van der Waals surface area (Å²) in [6.45, 7) is 11.1. The highest BCUT2D eigenvalue weighted by Crippen LogP contribution is 2.26. The molecule has 21 heavy (non-hydrogen) atoms. The van der Waals surface area contributed by atoms with Gasteiger partial charge in [0.2, 0.25) is 0 Å². The Morgan fingerprint density at radius 3 is 2.76 bits per heavy atom. The Bertz CT molecular complexity index is 461. The summed E-state index contributed by atoms with van der Waals surface area (Å²) >= 11 is 0. The second-order valence-corrected chi connectivity index (χ2v) is 6.57. The smallest absolute Gasteiger partial charge is 0.129 e. The third-order valence-electron chi connectivity index (χ3n) is 4.09. The number of piperazine rings is 1. The highest BCUT2D eigenvalue weighted by molar-refractivity contribution is 5.55. The fraction of sp³-hybridized carbons (Fsp3) is 0.647. The van der Waals surface area contributed by atoms with Gasteiger partial charge >= 0.3 is 0 Å². The molecule has 1 heterocycles. The summed E-state index contributed by atoms with van der Waals surface area (Å²) in [5.41, 5.74) is 1.85. The van der Waals surface area contributed by atoms with Gasteiger partial charge in [-0.3, -0.25) is 0 Å². The number of anilines is 1. The average Bonchev–Trinajstić information content (AvgIpc) is 2.40. The van der Waals surface area contributed by atoms with E-state index in [1.54, 1.807) is 6.07 Å². The fourth-order valence-electron chi connectivity index (χ4n) is 2.97. The lowest BCUT2D eigenvalue weighted by atomic mass is 10.1. The number of nitrogens with one attached hydrogen (secondary N) is 1. The molecule has 1 unspecified atom stereocenters. The molecule has 1 N–H and O–H groups in total. The summed E-state index contributed by atoms with van der Waals surface area (Å²) in [4.78, 5) is 4.67. The molecule has 0 radical (unpaired) electrons. The van der Waals surface area contributed by atoms with Gasteiger partial charge in [0.05, 0.1) is 0 Å². The monoisotopic (exact) mass is 293 g/mol. The summed E-state index contributed by atoms with van der Waals surface area (Å²) in [5.74, 6) is 0.470. The number of likely N-dealkylation sites (N-methyl/N-ethyl adjacent to an activating group) is 1. The molecule has 1 aromatic carbocycles. The first-order valence-electron chi connectivity index (χ1n) is 7.92. The maximum absolute atomic E-state index is 14.3. The van der Waals surface area contributed by atoms with Gasteiger partial charge < -0.3 is 15.1 Å². The fourth-order valence-corrected chi connectivity index (χ4v) is 2.97. The van der Waals surface area contributed by atoms with Crippen molar-refractivity contribution >= 4 is 5.69 Å². The zero-order valence-corrected chi connectivity index (χ0v) is 13.7. The quantitative estimate of drug-likeness (QED) is 0.900. The minimum absolute atomic E-state index is 0.102. The van der Waals surface area contributed by atoms with Gasteiger partial charge in [0.25, 0.3) is 0 Å². The molecular weight excluding hydrogens is 265 g/mol. The summed E-state index contributed by atoms with van der Waals surface area (Å²) in [7, 11) is 2.14. The lowest BCUT2D eigenvalue weighted by molar-refractivity contribution is 0.275. The molecule has 1 aliphatic heterocycles. The standard InChI is InChI=1S/C17H28FN3/c1-13(2)10-19-11-15-16(18)6-5-7-17(15)21-9-8-20(4)12-14(21)3/h5-7,13-14,19H,8-12H2,1-4H3. The van der Waals surface area contributed by atoms with Crippen LogP contribution in [0.15, 0.2) is 18.2 Å². The SMILES string of the molecule is CC(C)CNCc1c(F)cccc1N1CCN(C)CC1C. The van der Waals surface area contributed by atoms with Gasteiger partial charge in [-0.25, -0.2) is 4.39 Å². The molecule has 0 saturated carbocycles. The van der Waals surface area contributed by atoms with Gasteiger partial charge in [-0.05, 0) is 38.6 Å². The van der Waals surface area contributed by atoms with Crippen LogP contribution in [0.25, 0.3) is 0 Å². The van der Waals surface area contributed by atoms with Crippen molar-refractivity contribution in [2.45, 2.75) is 33.4 Å². The van der Waals surface area contributed by atoms with E-state index in [1.807, 2.05) is 6.07 Å².